The van der Waals surface area contributed by atoms with Gasteiger partial charge in [0.1, 0.15) is 34.8 Å². The van der Waals surface area contributed by atoms with E-state index in [1.165, 1.54) is 62.8 Å². The van der Waals surface area contributed by atoms with Gasteiger partial charge in [-0.3, -0.25) is 13.9 Å². The molecule has 1 atom stereocenters. The van der Waals surface area contributed by atoms with Crippen molar-refractivity contribution in [2.45, 2.75) is 34.1 Å². The third-order valence-electron chi connectivity index (χ3n) is 9.11. The predicted molar refractivity (Wildman–Crippen MR) is 209 cm³/mol. The minimum absolute atomic E-state index is 0.0208. The lowest BCUT2D eigenvalue weighted by atomic mass is 10.0. The Hall–Kier alpha value is -5.98. The zero-order valence-electron chi connectivity index (χ0n) is 30.7. The molecule has 0 bridgehead atoms. The van der Waals surface area contributed by atoms with Gasteiger partial charge >= 0.3 is 0 Å². The topological polar surface area (TPSA) is 186 Å². The molecule has 1 aliphatic heterocycles. The van der Waals surface area contributed by atoms with Gasteiger partial charge in [0.15, 0.2) is 0 Å². The molecule has 14 nitrogen and oxygen atoms in total. The van der Waals surface area contributed by atoms with E-state index in [-0.39, 0.29) is 39.1 Å². The summed E-state index contributed by atoms with van der Waals surface area (Å²) < 4.78 is 112. The molecule has 1 heterocycles. The number of rotatable bonds is 14. The molecule has 1 unspecified atom stereocenters. The van der Waals surface area contributed by atoms with Crippen molar-refractivity contribution in [3.63, 3.8) is 0 Å². The zero-order chi connectivity index (χ0) is 41.1. The summed E-state index contributed by atoms with van der Waals surface area (Å²) in [4.78, 5) is 28.5. The first-order valence-corrected chi connectivity index (χ1v) is 21.6. The van der Waals surface area contributed by atoms with Crippen LogP contribution in [0.15, 0.2) is 130 Å². The summed E-state index contributed by atoms with van der Waals surface area (Å²) in [5.41, 5.74) is 1.68. The van der Waals surface area contributed by atoms with Gasteiger partial charge in [-0.2, -0.15) is 0 Å². The fourth-order valence-electron chi connectivity index (χ4n) is 6.47. The van der Waals surface area contributed by atoms with Crippen LogP contribution in [0.3, 0.4) is 0 Å². The summed E-state index contributed by atoms with van der Waals surface area (Å²) in [6.07, 6.45) is 0.0944. The van der Waals surface area contributed by atoms with Crippen molar-refractivity contribution in [1.29, 1.82) is 0 Å². The average Bonchev–Trinajstić information content (AvgIpc) is 3.61. The van der Waals surface area contributed by atoms with Gasteiger partial charge in [0.05, 0.1) is 29.7 Å². The molecule has 1 aliphatic rings. The minimum atomic E-state index is -4.68. The number of carbonyl (C=O) groups is 2. The highest BCUT2D eigenvalue weighted by atomic mass is 32.2. The summed E-state index contributed by atoms with van der Waals surface area (Å²) in [7, 11) is -10.9. The Bertz CT molecular complexity index is 2660. The first-order chi connectivity index (χ1) is 27.1. The molecular formula is C39H37FN4O10S3. The number of hydrogen-bond donors (Lipinski definition) is 2. The average molecular weight is 837 g/mol. The number of methoxy groups -OCH3 is 2. The van der Waals surface area contributed by atoms with Crippen molar-refractivity contribution >= 4 is 53.3 Å². The SMILES string of the molecule is COc1cccc(C(C(=O)NS(=O)(=O)c2ccc(C)cc2OC)N2CCc3c2cccc3N(CC(=O)NS(=O)(=O)c2ccccc2)S(=O)(=O)c2ccc(F)cc2)c1. The Labute approximate surface area is 330 Å². The molecule has 18 heteroatoms. The smallest absolute Gasteiger partial charge is 0.267 e. The van der Waals surface area contributed by atoms with Crippen molar-refractivity contribution in [3.8, 4) is 11.5 Å². The fraction of sp³-hybridized carbons (Fsp3) is 0.179. The monoisotopic (exact) mass is 836 g/mol. The highest BCUT2D eigenvalue weighted by Crippen LogP contribution is 2.42. The molecular weight excluding hydrogens is 800 g/mol. The number of nitrogens with one attached hydrogen (secondary N) is 2. The molecule has 0 aliphatic carbocycles. The van der Waals surface area contributed by atoms with E-state index in [1.807, 2.05) is 4.72 Å². The minimum Gasteiger partial charge on any atom is -0.497 e. The Morgan fingerprint density at radius 3 is 2.16 bits per heavy atom. The highest BCUT2D eigenvalue weighted by molar-refractivity contribution is 7.93. The van der Waals surface area contributed by atoms with Gasteiger partial charge in [-0.25, -0.2) is 39.1 Å². The van der Waals surface area contributed by atoms with Gasteiger partial charge < -0.3 is 14.4 Å². The number of benzene rings is 5. The van der Waals surface area contributed by atoms with Gasteiger partial charge in [-0.05, 0) is 97.3 Å². The maximum Gasteiger partial charge on any atom is 0.267 e. The number of halogens is 1. The molecule has 0 saturated heterocycles. The Balaban J connectivity index is 1.43. The van der Waals surface area contributed by atoms with Crippen LogP contribution in [-0.2, 0) is 46.1 Å². The molecule has 2 N–H and O–H groups in total. The van der Waals surface area contributed by atoms with Crippen LogP contribution >= 0.6 is 0 Å². The molecule has 6 rings (SSSR count). The largest absolute Gasteiger partial charge is 0.497 e. The first kappa shape index (κ1) is 40.7. The molecule has 0 radical (unpaired) electrons. The second-order valence-electron chi connectivity index (χ2n) is 12.8. The van der Waals surface area contributed by atoms with Gasteiger partial charge in [0.2, 0.25) is 0 Å². The number of nitrogens with zero attached hydrogens (tertiary/aromatic N) is 2. The van der Waals surface area contributed by atoms with E-state index in [9.17, 15) is 39.2 Å². The van der Waals surface area contributed by atoms with E-state index in [4.69, 9.17) is 9.47 Å². The molecule has 2 amide bonds. The summed E-state index contributed by atoms with van der Waals surface area (Å²) in [6, 6.07) is 24.9. The van der Waals surface area contributed by atoms with Crippen molar-refractivity contribution < 1.29 is 48.7 Å². The van der Waals surface area contributed by atoms with Gasteiger partial charge in [-0.1, -0.05) is 42.5 Å². The molecule has 0 spiro atoms. The van der Waals surface area contributed by atoms with E-state index in [1.54, 1.807) is 54.3 Å². The summed E-state index contributed by atoms with van der Waals surface area (Å²) in [6.45, 7) is 0.799. The highest BCUT2D eigenvalue weighted by Gasteiger charge is 2.39. The predicted octanol–water partition coefficient (Wildman–Crippen LogP) is 4.46. The third-order valence-corrected chi connectivity index (χ3v) is 13.7. The lowest BCUT2D eigenvalue weighted by molar-refractivity contribution is -0.121. The van der Waals surface area contributed by atoms with Crippen molar-refractivity contribution in [1.82, 2.24) is 9.44 Å². The standard InChI is InChI=1S/C39H37FN4O10S3/c1-26-15-20-36(35(23-26)54-3)56(49,50)42-39(46)38(27-9-7-10-29(24-27)53-2)43-22-21-32-33(43)13-8-14-34(32)44(57(51,52)31-18-16-28(40)17-19-31)25-37(45)41-55(47,48)30-11-5-4-6-12-30/h4-20,23-24,38H,21-22,25H2,1-3H3,(H,41,45)(H,42,46). The Morgan fingerprint density at radius 2 is 1.47 bits per heavy atom. The van der Waals surface area contributed by atoms with Crippen LogP contribution in [-0.4, -0.2) is 64.4 Å². The van der Waals surface area contributed by atoms with Crippen LogP contribution in [0, 0.1) is 12.7 Å². The zero-order valence-corrected chi connectivity index (χ0v) is 33.2. The number of fused-ring (bicyclic) bond motifs is 1. The molecule has 5 aromatic carbocycles. The molecule has 0 fully saturated rings. The van der Waals surface area contributed by atoms with Crippen molar-refractivity contribution in [2.24, 2.45) is 0 Å². The number of ether oxygens (including phenoxy) is 2. The molecule has 0 aromatic heterocycles. The number of amides is 2. The second kappa shape index (κ2) is 16.2. The van der Waals surface area contributed by atoms with Gasteiger partial charge in [0.25, 0.3) is 41.9 Å². The molecule has 5 aromatic rings. The van der Waals surface area contributed by atoms with Gasteiger partial charge in [0, 0.05) is 17.8 Å². The van der Waals surface area contributed by atoms with Crippen LogP contribution in [0.5, 0.6) is 11.5 Å². The van der Waals surface area contributed by atoms with Crippen LogP contribution in [0.1, 0.15) is 22.7 Å². The lowest BCUT2D eigenvalue weighted by Gasteiger charge is -2.31. The molecule has 57 heavy (non-hydrogen) atoms. The third kappa shape index (κ3) is 8.57. The normalized spacial score (nSPS) is 13.3. The van der Waals surface area contributed by atoms with Crippen LogP contribution in [0.2, 0.25) is 0 Å². The number of hydrogen-bond acceptors (Lipinski definition) is 11. The summed E-state index contributed by atoms with van der Waals surface area (Å²) in [5, 5.41) is 0. The maximum atomic E-state index is 14.3. The number of aryl methyl sites for hydroxylation is 1. The van der Waals surface area contributed by atoms with E-state index < -0.39 is 60.3 Å². The van der Waals surface area contributed by atoms with E-state index in [0.717, 1.165) is 29.8 Å². The first-order valence-electron chi connectivity index (χ1n) is 17.2. The van der Waals surface area contributed by atoms with Gasteiger partial charge in [-0.15, -0.1) is 0 Å². The summed E-state index contributed by atoms with van der Waals surface area (Å²) in [5.74, 6) is -2.47. The van der Waals surface area contributed by atoms with Crippen molar-refractivity contribution in [2.75, 3.05) is 36.5 Å². The Morgan fingerprint density at radius 1 is 0.772 bits per heavy atom. The molecule has 0 saturated carbocycles. The number of carbonyl (C=O) groups excluding carboxylic acids is 2. The van der Waals surface area contributed by atoms with E-state index in [0.29, 0.717) is 26.9 Å². The van der Waals surface area contributed by atoms with E-state index >= 15 is 0 Å². The number of sulfonamides is 3. The van der Waals surface area contributed by atoms with Crippen LogP contribution in [0.25, 0.3) is 0 Å². The van der Waals surface area contributed by atoms with Crippen LogP contribution in [0.4, 0.5) is 15.8 Å². The second-order valence-corrected chi connectivity index (χ2v) is 18.0. The maximum absolute atomic E-state index is 14.3. The quantitative estimate of drug-likeness (QED) is 0.161. The fourth-order valence-corrected chi connectivity index (χ4v) is 10.1. The number of anilines is 2. The Kier molecular flexibility index (Phi) is 11.6. The molecule has 298 valence electrons. The van der Waals surface area contributed by atoms with E-state index in [2.05, 4.69) is 4.72 Å². The van der Waals surface area contributed by atoms with Crippen molar-refractivity contribution in [3.05, 3.63) is 138 Å². The van der Waals surface area contributed by atoms with Crippen LogP contribution < -0.4 is 28.1 Å². The lowest BCUT2D eigenvalue weighted by Crippen LogP contribution is -2.43. The summed E-state index contributed by atoms with van der Waals surface area (Å²) >= 11 is 0.